The molecule has 1 N–H and O–H groups in total. The zero-order chi connectivity index (χ0) is 14.3. The van der Waals surface area contributed by atoms with Crippen LogP contribution in [0.1, 0.15) is 12.0 Å². The summed E-state index contributed by atoms with van der Waals surface area (Å²) < 4.78 is 5.57. The van der Waals surface area contributed by atoms with E-state index in [0.717, 1.165) is 18.2 Å². The summed E-state index contributed by atoms with van der Waals surface area (Å²) in [6, 6.07) is 10.4. The van der Waals surface area contributed by atoms with Crippen LogP contribution < -0.4 is 0 Å². The van der Waals surface area contributed by atoms with Crippen molar-refractivity contribution < 1.29 is 9.84 Å². The molecule has 19 heavy (non-hydrogen) atoms. The number of hydrogen-bond donors (Lipinski definition) is 1. The van der Waals surface area contributed by atoms with E-state index in [1.54, 1.807) is 7.11 Å². The molecule has 0 amide bonds. The normalized spacial score (nSPS) is 14.3. The van der Waals surface area contributed by atoms with E-state index in [4.69, 9.17) is 4.74 Å². The van der Waals surface area contributed by atoms with E-state index in [1.807, 2.05) is 6.07 Å². The summed E-state index contributed by atoms with van der Waals surface area (Å²) in [5, 5.41) is 10.4. The Labute approximate surface area is 118 Å². The number of aliphatic hydroxyl groups is 1. The summed E-state index contributed by atoms with van der Waals surface area (Å²) in [6.07, 6.45) is 3.97. The summed E-state index contributed by atoms with van der Waals surface area (Å²) in [5.41, 5.74) is 1.31. The maximum Gasteiger partial charge on any atom is 0.122 e. The molecule has 1 aromatic rings. The summed E-state index contributed by atoms with van der Waals surface area (Å²) in [7, 11) is 0.314. The van der Waals surface area contributed by atoms with Crippen LogP contribution in [0.15, 0.2) is 41.8 Å². The molecule has 1 rings (SSSR count). The summed E-state index contributed by atoms with van der Waals surface area (Å²) in [6.45, 7) is 7.05. The Morgan fingerprint density at radius 3 is 2.37 bits per heavy atom. The second kappa shape index (κ2) is 7.51. The van der Waals surface area contributed by atoms with Crippen molar-refractivity contribution in [2.75, 3.05) is 13.7 Å². The SMILES string of the molecule is CO/C(=C/C(CCO)Cc1ccccc1)[Si](C)(C)C. The Balaban J connectivity index is 2.85. The molecule has 1 aromatic carbocycles. The van der Waals surface area contributed by atoms with Gasteiger partial charge in [-0.25, -0.2) is 0 Å². The minimum absolute atomic E-state index is 0.219. The molecule has 0 heterocycles. The minimum atomic E-state index is -1.44. The number of aliphatic hydroxyl groups excluding tert-OH is 1. The Bertz CT molecular complexity index is 393. The molecule has 0 saturated heterocycles. The third-order valence-corrected chi connectivity index (χ3v) is 5.04. The van der Waals surface area contributed by atoms with Gasteiger partial charge in [-0.2, -0.15) is 0 Å². The highest BCUT2D eigenvalue weighted by atomic mass is 28.3. The molecule has 0 aliphatic carbocycles. The lowest BCUT2D eigenvalue weighted by Gasteiger charge is -2.22. The zero-order valence-corrected chi connectivity index (χ0v) is 13.5. The number of hydrogen-bond acceptors (Lipinski definition) is 2. The molecule has 0 saturated carbocycles. The fraction of sp³-hybridized carbons (Fsp3) is 0.500. The third kappa shape index (κ3) is 5.62. The van der Waals surface area contributed by atoms with E-state index in [9.17, 15) is 5.11 Å². The van der Waals surface area contributed by atoms with Crippen molar-refractivity contribution in [3.8, 4) is 0 Å². The maximum atomic E-state index is 9.24. The Morgan fingerprint density at radius 2 is 1.89 bits per heavy atom. The number of allylic oxidation sites excluding steroid dienone is 1. The maximum absolute atomic E-state index is 9.24. The molecule has 106 valence electrons. The second-order valence-corrected chi connectivity index (χ2v) is 10.9. The van der Waals surface area contributed by atoms with Gasteiger partial charge in [0.15, 0.2) is 0 Å². The lowest BCUT2D eigenvalue weighted by molar-refractivity contribution is 0.265. The lowest BCUT2D eigenvalue weighted by Crippen LogP contribution is -2.26. The van der Waals surface area contributed by atoms with Crippen LogP contribution in [-0.4, -0.2) is 26.9 Å². The molecule has 0 radical (unpaired) electrons. The fourth-order valence-corrected chi connectivity index (χ4v) is 3.51. The van der Waals surface area contributed by atoms with Gasteiger partial charge in [-0.15, -0.1) is 0 Å². The second-order valence-electron chi connectivity index (χ2n) is 5.95. The van der Waals surface area contributed by atoms with Gasteiger partial charge in [-0.3, -0.25) is 0 Å². The van der Waals surface area contributed by atoms with Gasteiger partial charge in [-0.05, 0) is 30.4 Å². The molecule has 0 aromatic heterocycles. The number of rotatable bonds is 7. The molecule has 0 aliphatic rings. The molecule has 0 bridgehead atoms. The first kappa shape index (κ1) is 16.0. The third-order valence-electron chi connectivity index (χ3n) is 3.19. The van der Waals surface area contributed by atoms with Crippen LogP contribution in [0.3, 0.4) is 0 Å². The Kier molecular flexibility index (Phi) is 6.32. The van der Waals surface area contributed by atoms with Gasteiger partial charge < -0.3 is 9.84 Å². The summed E-state index contributed by atoms with van der Waals surface area (Å²) in [5.74, 6) is 0.342. The molecule has 0 spiro atoms. The van der Waals surface area contributed by atoms with E-state index >= 15 is 0 Å². The van der Waals surface area contributed by atoms with Crippen LogP contribution in [0.25, 0.3) is 0 Å². The van der Waals surface area contributed by atoms with Crippen molar-refractivity contribution >= 4 is 8.07 Å². The first-order chi connectivity index (χ1) is 8.97. The van der Waals surface area contributed by atoms with Gasteiger partial charge in [0.25, 0.3) is 0 Å². The van der Waals surface area contributed by atoms with E-state index in [0.29, 0.717) is 5.92 Å². The molecule has 2 nitrogen and oxygen atoms in total. The van der Waals surface area contributed by atoms with Gasteiger partial charge in [0.05, 0.1) is 12.5 Å². The van der Waals surface area contributed by atoms with Gasteiger partial charge in [0.2, 0.25) is 0 Å². The van der Waals surface area contributed by atoms with Crippen molar-refractivity contribution in [3.05, 3.63) is 47.4 Å². The predicted octanol–water partition coefficient (Wildman–Crippen LogP) is 3.64. The molecule has 1 atom stereocenters. The molecule has 0 fully saturated rings. The van der Waals surface area contributed by atoms with Crippen LogP contribution in [0.2, 0.25) is 19.6 Å². The van der Waals surface area contributed by atoms with Gasteiger partial charge in [-0.1, -0.05) is 50.0 Å². The zero-order valence-electron chi connectivity index (χ0n) is 12.5. The highest BCUT2D eigenvalue weighted by molar-refractivity contribution is 6.82. The summed E-state index contributed by atoms with van der Waals surface area (Å²) in [4.78, 5) is 0. The number of ether oxygens (including phenoxy) is 1. The van der Waals surface area contributed by atoms with Crippen molar-refractivity contribution in [2.45, 2.75) is 32.5 Å². The predicted molar refractivity (Wildman–Crippen MR) is 83.8 cm³/mol. The first-order valence-corrected chi connectivity index (χ1v) is 10.4. The van der Waals surface area contributed by atoms with Crippen molar-refractivity contribution in [2.24, 2.45) is 5.92 Å². The number of methoxy groups -OCH3 is 1. The smallest absolute Gasteiger partial charge is 0.122 e. The van der Waals surface area contributed by atoms with E-state index < -0.39 is 8.07 Å². The summed E-state index contributed by atoms with van der Waals surface area (Å²) >= 11 is 0. The Morgan fingerprint density at radius 1 is 1.26 bits per heavy atom. The fourth-order valence-electron chi connectivity index (χ4n) is 2.17. The van der Waals surface area contributed by atoms with E-state index in [1.165, 1.54) is 5.56 Å². The van der Waals surface area contributed by atoms with Crippen LogP contribution in [0.4, 0.5) is 0 Å². The van der Waals surface area contributed by atoms with E-state index in [-0.39, 0.29) is 6.61 Å². The monoisotopic (exact) mass is 278 g/mol. The Hall–Kier alpha value is -1.06. The highest BCUT2D eigenvalue weighted by Crippen LogP contribution is 2.21. The quantitative estimate of drug-likeness (QED) is 0.609. The largest absolute Gasteiger partial charge is 0.507 e. The standard InChI is InChI=1S/C16H26O2Si/c1-18-16(19(2,3)4)13-15(10-11-17)12-14-8-6-5-7-9-14/h5-9,13,15,17H,10-12H2,1-4H3/b16-13-. The van der Waals surface area contributed by atoms with Crippen molar-refractivity contribution in [1.82, 2.24) is 0 Å². The van der Waals surface area contributed by atoms with Crippen LogP contribution in [0.5, 0.6) is 0 Å². The molecular formula is C16H26O2Si. The van der Waals surface area contributed by atoms with Crippen molar-refractivity contribution in [3.63, 3.8) is 0 Å². The first-order valence-electron chi connectivity index (χ1n) is 6.88. The number of benzene rings is 1. The van der Waals surface area contributed by atoms with Crippen LogP contribution in [0, 0.1) is 5.92 Å². The van der Waals surface area contributed by atoms with Gasteiger partial charge >= 0.3 is 0 Å². The van der Waals surface area contributed by atoms with Gasteiger partial charge in [0.1, 0.15) is 8.07 Å². The average Bonchev–Trinajstić information content (AvgIpc) is 2.35. The molecule has 3 heteroatoms. The van der Waals surface area contributed by atoms with Crippen molar-refractivity contribution in [1.29, 1.82) is 0 Å². The van der Waals surface area contributed by atoms with Gasteiger partial charge in [0, 0.05) is 6.61 Å². The van der Waals surface area contributed by atoms with E-state index in [2.05, 4.69) is 50.0 Å². The topological polar surface area (TPSA) is 29.5 Å². The average molecular weight is 278 g/mol. The molecule has 0 aliphatic heterocycles. The minimum Gasteiger partial charge on any atom is -0.507 e. The lowest BCUT2D eigenvalue weighted by atomic mass is 9.96. The van der Waals surface area contributed by atoms with Crippen LogP contribution >= 0.6 is 0 Å². The highest BCUT2D eigenvalue weighted by Gasteiger charge is 2.22. The van der Waals surface area contributed by atoms with Crippen LogP contribution in [-0.2, 0) is 11.2 Å². The molecule has 1 unspecified atom stereocenters. The molecular weight excluding hydrogens is 252 g/mol.